The fourth-order valence-corrected chi connectivity index (χ4v) is 19.7. The van der Waals surface area contributed by atoms with Crippen molar-refractivity contribution in [2.75, 3.05) is 70.9 Å². The van der Waals surface area contributed by atoms with E-state index in [4.69, 9.17) is 69.7 Å². The molecule has 5 aromatic carbocycles. The Hall–Kier alpha value is -14.0. The van der Waals surface area contributed by atoms with Crippen LogP contribution in [0, 0.1) is 23.6 Å². The predicted molar refractivity (Wildman–Crippen MR) is 493 cm³/mol. The van der Waals surface area contributed by atoms with E-state index < -0.39 is 0 Å². The molecule has 13 heterocycles. The number of urea groups is 1. The summed E-state index contributed by atoms with van der Waals surface area (Å²) in [5, 5.41) is 12.1. The molecule has 3 saturated carbocycles. The van der Waals surface area contributed by atoms with Crippen LogP contribution in [0.25, 0.3) is 122 Å². The zero-order chi connectivity index (χ0) is 88.0. The lowest BCUT2D eigenvalue weighted by Crippen LogP contribution is -2.43. The molecule has 0 bridgehead atoms. The first-order chi connectivity index (χ1) is 61.7. The molecule has 1 saturated heterocycles. The van der Waals surface area contributed by atoms with Gasteiger partial charge in [0.05, 0.1) is 70.0 Å². The monoisotopic (exact) mass is 1790 g/mol. The first-order valence-corrected chi connectivity index (χ1v) is 43.8. The number of nitrogens with zero attached hydrogens (tertiary/aromatic N) is 15. The number of carbonyl (C=O) groups is 4. The number of ether oxygens (including phenoxy) is 2. The van der Waals surface area contributed by atoms with Crippen molar-refractivity contribution in [3.8, 4) is 62.4 Å². The lowest BCUT2D eigenvalue weighted by molar-refractivity contribution is -0.146. The van der Waals surface area contributed by atoms with Gasteiger partial charge in [0.15, 0.2) is 5.82 Å². The minimum absolute atomic E-state index is 0.0531. The van der Waals surface area contributed by atoms with Crippen LogP contribution in [-0.2, 0) is 19.1 Å². The predicted octanol–water partition coefficient (Wildman–Crippen LogP) is 16.6. The quantitative estimate of drug-likeness (QED) is 0.0337. The molecule has 12 aromatic heterocycles. The summed E-state index contributed by atoms with van der Waals surface area (Å²) in [5.74, 6) is 6.98. The molecule has 127 heavy (non-hydrogen) atoms. The van der Waals surface area contributed by atoms with E-state index >= 15 is 0 Å². The summed E-state index contributed by atoms with van der Waals surface area (Å²) < 4.78 is 32.9. The fourth-order valence-electron chi connectivity index (χ4n) is 19.0. The first kappa shape index (κ1) is 83.9. The van der Waals surface area contributed by atoms with Crippen LogP contribution >= 0.6 is 27.5 Å². The summed E-state index contributed by atoms with van der Waals surface area (Å²) >= 11 is 9.95. The van der Waals surface area contributed by atoms with Crippen LogP contribution in [0.1, 0.15) is 137 Å². The Bertz CT molecular complexity index is 6990. The average Bonchev–Trinajstić information content (AvgIpc) is 1.61. The molecule has 15 N–H and O–H groups in total. The molecule has 0 atom stereocenters. The van der Waals surface area contributed by atoms with E-state index in [1.807, 2.05) is 101 Å². The summed E-state index contributed by atoms with van der Waals surface area (Å²) in [5.41, 5.74) is 45.9. The third-order valence-corrected chi connectivity index (χ3v) is 26.5. The Kier molecular flexibility index (Phi) is 23.5. The van der Waals surface area contributed by atoms with Crippen molar-refractivity contribution in [1.82, 2.24) is 97.7 Å². The van der Waals surface area contributed by atoms with Crippen LogP contribution in [-0.4, -0.2) is 165 Å². The summed E-state index contributed by atoms with van der Waals surface area (Å²) in [7, 11) is 6.68. The van der Waals surface area contributed by atoms with Gasteiger partial charge in [-0.25, -0.2) is 53.6 Å². The molecule has 34 heteroatoms. The number of amides is 4. The second kappa shape index (κ2) is 35.6. The lowest BCUT2D eigenvalue weighted by Gasteiger charge is -2.33. The van der Waals surface area contributed by atoms with Gasteiger partial charge >= 0.3 is 12.0 Å². The number of esters is 1. The molecule has 4 fully saturated rings. The van der Waals surface area contributed by atoms with Gasteiger partial charge in [-0.3, -0.25) is 27.6 Å². The Morgan fingerprint density at radius 3 is 1.49 bits per heavy atom. The van der Waals surface area contributed by atoms with Crippen molar-refractivity contribution in [2.24, 2.45) is 23.5 Å². The fraction of sp³-hybridized carbons (Fsp3) is 0.301. The molecule has 4 aliphatic rings. The van der Waals surface area contributed by atoms with Crippen LogP contribution in [0.3, 0.4) is 0 Å². The number of benzene rings is 5. The van der Waals surface area contributed by atoms with Crippen LogP contribution in [0.4, 0.5) is 32.5 Å². The van der Waals surface area contributed by atoms with Crippen molar-refractivity contribution < 1.29 is 33.0 Å². The van der Waals surface area contributed by atoms with Crippen molar-refractivity contribution in [2.45, 2.75) is 114 Å². The lowest BCUT2D eigenvalue weighted by atomic mass is 9.81. The van der Waals surface area contributed by atoms with E-state index in [9.17, 15) is 23.6 Å². The van der Waals surface area contributed by atoms with Gasteiger partial charge in [0.25, 0.3) is 0 Å². The van der Waals surface area contributed by atoms with Crippen LogP contribution in [0.2, 0.25) is 5.02 Å². The van der Waals surface area contributed by atoms with Gasteiger partial charge in [-0.1, -0.05) is 78.3 Å². The number of piperidine rings is 1. The molecule has 4 amide bonds. The van der Waals surface area contributed by atoms with Gasteiger partial charge in [-0.15, -0.1) is 0 Å². The number of halogens is 3. The van der Waals surface area contributed by atoms with Crippen molar-refractivity contribution in [3.05, 3.63) is 203 Å². The number of aromatic amines is 4. The number of nitrogens with one attached hydrogen (secondary N) is 5. The molecule has 0 unspecified atom stereocenters. The number of para-hydroxylation sites is 4. The number of methoxy groups -OCH3 is 2. The van der Waals surface area contributed by atoms with Gasteiger partial charge in [-0.05, 0) is 172 Å². The Balaban J connectivity index is 0.000000115. The van der Waals surface area contributed by atoms with E-state index in [-0.39, 0.29) is 53.3 Å². The highest BCUT2D eigenvalue weighted by Crippen LogP contribution is 2.46. The van der Waals surface area contributed by atoms with E-state index in [0.29, 0.717) is 58.7 Å². The smallest absolute Gasteiger partial charge is 0.319 e. The second-order valence-electron chi connectivity index (χ2n) is 33.3. The number of hydrogen-bond acceptors (Lipinski definition) is 19. The third-order valence-electron chi connectivity index (χ3n) is 25.5. The summed E-state index contributed by atoms with van der Waals surface area (Å²) in [6, 6.07) is 38.6. The Morgan fingerprint density at radius 1 is 0.535 bits per heavy atom. The minimum Gasteiger partial charge on any atom is -0.495 e. The largest absolute Gasteiger partial charge is 0.495 e. The third kappa shape index (κ3) is 16.4. The van der Waals surface area contributed by atoms with Crippen LogP contribution in [0.5, 0.6) is 5.75 Å². The van der Waals surface area contributed by atoms with Gasteiger partial charge in [0.1, 0.15) is 103 Å². The average molecular weight is 1790 g/mol. The number of fused-ring (bicyclic) bond motifs is 8. The second-order valence-corrected chi connectivity index (χ2v) is 34.6. The van der Waals surface area contributed by atoms with Crippen molar-refractivity contribution >= 4 is 141 Å². The highest BCUT2D eigenvalue weighted by molar-refractivity contribution is 9.10. The molecule has 0 radical (unpaired) electrons. The standard InChI is InChI=1S/C28H26FN5O2.C23H27N7O2.C22H23ClN6O.C20H20BrN7O/c1-36-28(35)18-7-5-17(6-8-18)27-33-24(25-26(30)31-13-14-34(25)27)22-15-19-3-2-4-21(23(19)32-22)16-9-11-20(29)12-10-16;1-28(2)23(31)29-10-7-14(8-11-29)22-27-19(20-21(24)25-9-12-30(20)22)16-13-15-5-4-6-17(32-3)18(15)26-16;23-16-3-1-2-15-10-17(27-18(15)16)19-20-21(24)26-8-9-29(20)22(28-19)14-6-4-13(5-7-14)11-25-12-30;21-13-3-1-2-12-8-14(26-15(12)13)16-17-18(22)24-9-25-28(17)20(27-16)11-6-4-10(5-7-11)19(23)29/h2-4,9-15,17-18,32H,5-8H2,1H3,(H2,30,31);4-6,9,12-14,26H,7-8,10-11H2,1-3H3,(H2,24,25);1-3,8-10,12-14,27H,4-7,11H2,(H2,24,26)(H,25,30);1-3,8-11,26H,4-7H2,(H2,23,29)(H2,22,24,25). The topological polar surface area (TPSA) is 432 Å². The normalized spacial score (nSPS) is 18.0. The Morgan fingerprint density at radius 2 is 0.976 bits per heavy atom. The highest BCUT2D eigenvalue weighted by Gasteiger charge is 2.36. The Labute approximate surface area is 741 Å². The molecule has 17 aromatic rings. The number of anilines is 4. The molecule has 31 nitrogen and oxygen atoms in total. The summed E-state index contributed by atoms with van der Waals surface area (Å²) in [6.45, 7) is 2.16. The maximum atomic E-state index is 13.5. The highest BCUT2D eigenvalue weighted by atomic mass is 79.9. The van der Waals surface area contributed by atoms with Gasteiger partial charge in [0, 0.05) is 132 Å². The number of nitrogen functional groups attached to an aromatic ring is 4. The maximum absolute atomic E-state index is 13.5. The van der Waals surface area contributed by atoms with Crippen molar-refractivity contribution in [1.29, 1.82) is 0 Å². The summed E-state index contributed by atoms with van der Waals surface area (Å²) in [6.07, 6.45) is 25.5. The van der Waals surface area contributed by atoms with Gasteiger partial charge < -0.3 is 73.2 Å². The molecular weight excluding hydrogens is 1700 g/mol. The van der Waals surface area contributed by atoms with E-state index in [0.717, 1.165) is 253 Å². The van der Waals surface area contributed by atoms with Crippen molar-refractivity contribution in [3.63, 3.8) is 0 Å². The molecule has 0 spiro atoms. The number of H-pyrrole nitrogens is 4. The number of hydrogen-bond donors (Lipinski definition) is 10. The zero-order valence-electron chi connectivity index (χ0n) is 70.4. The maximum Gasteiger partial charge on any atom is 0.319 e. The molecule has 1 aliphatic heterocycles. The number of nitrogens with two attached hydrogens (primary N) is 5. The van der Waals surface area contributed by atoms with E-state index in [2.05, 4.69) is 99.3 Å². The SMILES string of the molecule is COC(=O)C1CCC(c2nc(-c3cc4cccc(-c5ccc(F)cc5)c4[nH]3)c3c(N)nccn23)CC1.COc1cccc2cc(-c3nc(C4CCN(C(=O)N(C)C)CC4)n4ccnc(N)c34)[nH]c12.NC(=O)C1CCC(c2nc(-c3cc4cccc(Br)c4[nH]3)c3c(N)ncnn23)CC1.Nc1nccn2c(C3CCC(CNC=O)CC3)nc(-c3cc4cccc(Cl)c4[nH]3)c12. The van der Waals surface area contributed by atoms with Gasteiger partial charge in [0.2, 0.25) is 12.3 Å². The molecule has 650 valence electrons. The van der Waals surface area contributed by atoms with Crippen LogP contribution < -0.4 is 38.7 Å². The molecular formula is C93H96BrClFN25O6. The van der Waals surface area contributed by atoms with E-state index in [1.165, 1.54) is 25.6 Å². The number of imidazole rings is 4. The molecule has 21 rings (SSSR count). The zero-order valence-corrected chi connectivity index (χ0v) is 72.7. The first-order valence-electron chi connectivity index (χ1n) is 42.6. The number of rotatable bonds is 15. The number of aromatic nitrogens is 17. The number of likely N-dealkylation sites (tertiary alicyclic amines) is 1. The summed E-state index contributed by atoms with van der Waals surface area (Å²) in [4.78, 5) is 101. The minimum atomic E-state index is -0.265. The number of primary amides is 1. The molecule has 3 aliphatic carbocycles. The van der Waals surface area contributed by atoms with Crippen LogP contribution in [0.15, 0.2) is 169 Å². The van der Waals surface area contributed by atoms with Gasteiger partial charge in [-0.2, -0.15) is 5.10 Å². The van der Waals surface area contributed by atoms with E-state index in [1.54, 1.807) is 61.3 Å². The number of carbonyl (C=O) groups excluding carboxylic acids is 4.